The molecule has 0 saturated heterocycles. The van der Waals surface area contributed by atoms with Crippen molar-refractivity contribution < 1.29 is 14.4 Å². The van der Waals surface area contributed by atoms with Crippen molar-refractivity contribution in [1.82, 2.24) is 5.32 Å². The van der Waals surface area contributed by atoms with Crippen molar-refractivity contribution in [3.63, 3.8) is 0 Å². The van der Waals surface area contributed by atoms with Gasteiger partial charge in [-0.1, -0.05) is 11.6 Å². The number of carbonyl (C=O) groups excluding carboxylic acids is 3. The van der Waals surface area contributed by atoms with E-state index in [1.807, 2.05) is 0 Å². The third-order valence-electron chi connectivity index (χ3n) is 2.32. The van der Waals surface area contributed by atoms with Crippen molar-refractivity contribution in [3.8, 4) is 0 Å². The maximum atomic E-state index is 11.9. The minimum Gasteiger partial charge on any atom is -0.322 e. The number of anilines is 1. The van der Waals surface area contributed by atoms with Gasteiger partial charge < -0.3 is 5.32 Å². The molecule has 0 aliphatic carbocycles. The maximum Gasteiger partial charge on any atom is 0.282 e. The quantitative estimate of drug-likeness (QED) is 0.817. The van der Waals surface area contributed by atoms with Crippen LogP contribution < -0.4 is 10.2 Å². The van der Waals surface area contributed by atoms with E-state index >= 15 is 0 Å². The minimum atomic E-state index is -0.558. The molecular formula is C12H9ClN2O3. The number of benzene rings is 1. The number of halogens is 1. The molecular weight excluding hydrogens is 256 g/mol. The Balaban J connectivity index is 2.28. The second-order valence-corrected chi connectivity index (χ2v) is 4.13. The Morgan fingerprint density at radius 3 is 2.39 bits per heavy atom. The van der Waals surface area contributed by atoms with Crippen molar-refractivity contribution in [2.45, 2.75) is 6.92 Å². The average Bonchev–Trinajstić information content (AvgIpc) is 2.55. The molecule has 92 valence electrons. The molecule has 0 saturated carbocycles. The molecule has 1 aliphatic heterocycles. The smallest absolute Gasteiger partial charge is 0.282 e. The van der Waals surface area contributed by atoms with Gasteiger partial charge in [0.05, 0.1) is 5.69 Å². The summed E-state index contributed by atoms with van der Waals surface area (Å²) in [7, 11) is 0. The number of imide groups is 1. The van der Waals surface area contributed by atoms with E-state index in [0.717, 1.165) is 11.0 Å². The first-order valence-corrected chi connectivity index (χ1v) is 5.50. The monoisotopic (exact) mass is 264 g/mol. The van der Waals surface area contributed by atoms with E-state index in [2.05, 4.69) is 5.32 Å². The summed E-state index contributed by atoms with van der Waals surface area (Å²) in [6.45, 7) is 1.27. The predicted molar refractivity (Wildman–Crippen MR) is 65.8 cm³/mol. The summed E-state index contributed by atoms with van der Waals surface area (Å²) in [4.78, 5) is 35.5. The third-order valence-corrected chi connectivity index (χ3v) is 2.57. The first-order valence-electron chi connectivity index (χ1n) is 5.12. The van der Waals surface area contributed by atoms with Crippen LogP contribution in [-0.4, -0.2) is 17.7 Å². The molecule has 1 aliphatic rings. The minimum absolute atomic E-state index is 0.0255. The molecule has 5 nitrogen and oxygen atoms in total. The van der Waals surface area contributed by atoms with Crippen molar-refractivity contribution >= 4 is 35.0 Å². The summed E-state index contributed by atoms with van der Waals surface area (Å²) in [6.07, 6.45) is 1.10. The van der Waals surface area contributed by atoms with Gasteiger partial charge in [0, 0.05) is 18.0 Å². The van der Waals surface area contributed by atoms with Gasteiger partial charge in [0.25, 0.3) is 11.8 Å². The highest BCUT2D eigenvalue weighted by atomic mass is 35.5. The summed E-state index contributed by atoms with van der Waals surface area (Å²) < 4.78 is 0. The van der Waals surface area contributed by atoms with Gasteiger partial charge in [0.15, 0.2) is 0 Å². The summed E-state index contributed by atoms with van der Waals surface area (Å²) >= 11 is 5.73. The number of hydrogen-bond donors (Lipinski definition) is 1. The Kier molecular flexibility index (Phi) is 3.16. The van der Waals surface area contributed by atoms with Crippen LogP contribution in [0.4, 0.5) is 5.69 Å². The molecule has 1 aromatic rings. The molecule has 1 heterocycles. The van der Waals surface area contributed by atoms with E-state index in [0.29, 0.717) is 10.7 Å². The van der Waals surface area contributed by atoms with Crippen molar-refractivity contribution in [1.29, 1.82) is 0 Å². The molecule has 18 heavy (non-hydrogen) atoms. The summed E-state index contributed by atoms with van der Waals surface area (Å²) in [5.74, 6) is -1.45. The fourth-order valence-corrected chi connectivity index (χ4v) is 1.71. The van der Waals surface area contributed by atoms with Gasteiger partial charge in [-0.25, -0.2) is 4.90 Å². The Morgan fingerprint density at radius 1 is 1.22 bits per heavy atom. The second-order valence-electron chi connectivity index (χ2n) is 3.69. The van der Waals surface area contributed by atoms with Crippen molar-refractivity contribution in [2.75, 3.05) is 4.90 Å². The molecule has 3 amide bonds. The average molecular weight is 265 g/mol. The summed E-state index contributed by atoms with van der Waals surface area (Å²) in [5.41, 5.74) is 0.383. The third kappa shape index (κ3) is 2.26. The lowest BCUT2D eigenvalue weighted by Crippen LogP contribution is -2.34. The molecule has 2 rings (SSSR count). The zero-order valence-electron chi connectivity index (χ0n) is 9.44. The van der Waals surface area contributed by atoms with E-state index in [9.17, 15) is 14.4 Å². The lowest BCUT2D eigenvalue weighted by Gasteiger charge is -2.14. The lowest BCUT2D eigenvalue weighted by molar-refractivity contribution is -0.123. The van der Waals surface area contributed by atoms with E-state index < -0.39 is 17.7 Å². The van der Waals surface area contributed by atoms with Crippen molar-refractivity contribution in [3.05, 3.63) is 41.1 Å². The molecule has 1 aromatic carbocycles. The van der Waals surface area contributed by atoms with E-state index in [1.165, 1.54) is 6.92 Å². The molecule has 0 fully saturated rings. The topological polar surface area (TPSA) is 66.5 Å². The number of rotatable bonds is 2. The van der Waals surface area contributed by atoms with Gasteiger partial charge in [0.1, 0.15) is 5.70 Å². The number of amides is 3. The van der Waals surface area contributed by atoms with E-state index in [1.54, 1.807) is 24.3 Å². The maximum absolute atomic E-state index is 11.9. The second kappa shape index (κ2) is 4.62. The van der Waals surface area contributed by atoms with Gasteiger partial charge in [0.2, 0.25) is 5.91 Å². The van der Waals surface area contributed by atoms with Gasteiger partial charge in [-0.05, 0) is 24.3 Å². The van der Waals surface area contributed by atoms with Crippen LogP contribution >= 0.6 is 11.6 Å². The lowest BCUT2D eigenvalue weighted by atomic mass is 10.3. The zero-order chi connectivity index (χ0) is 13.3. The van der Waals surface area contributed by atoms with Crippen LogP contribution in [0.5, 0.6) is 0 Å². The van der Waals surface area contributed by atoms with Gasteiger partial charge in [-0.3, -0.25) is 14.4 Å². The normalized spacial score (nSPS) is 14.8. The molecule has 0 atom stereocenters. The SMILES string of the molecule is CC(=O)NC1=CC(=O)N(c2ccc(Cl)cc2)C1=O. The number of nitrogens with one attached hydrogen (secondary N) is 1. The Labute approximate surface area is 108 Å². The van der Waals surface area contributed by atoms with Crippen LogP contribution in [0, 0.1) is 0 Å². The van der Waals surface area contributed by atoms with Gasteiger partial charge >= 0.3 is 0 Å². The molecule has 0 radical (unpaired) electrons. The fraction of sp³-hybridized carbons (Fsp3) is 0.0833. The molecule has 0 unspecified atom stereocenters. The highest BCUT2D eigenvalue weighted by molar-refractivity contribution is 6.32. The molecule has 6 heteroatoms. The summed E-state index contributed by atoms with van der Waals surface area (Å²) in [5, 5.41) is 2.82. The molecule has 0 spiro atoms. The van der Waals surface area contributed by atoms with Crippen molar-refractivity contribution in [2.24, 2.45) is 0 Å². The van der Waals surface area contributed by atoms with Crippen LogP contribution in [0.3, 0.4) is 0 Å². The van der Waals surface area contributed by atoms with Crippen LogP contribution in [0.25, 0.3) is 0 Å². The fourth-order valence-electron chi connectivity index (χ4n) is 1.58. The van der Waals surface area contributed by atoms with E-state index in [4.69, 9.17) is 11.6 Å². The molecule has 1 N–H and O–H groups in total. The summed E-state index contributed by atoms with van der Waals surface area (Å²) in [6, 6.07) is 6.27. The first-order chi connectivity index (χ1) is 8.49. The highest BCUT2D eigenvalue weighted by Crippen LogP contribution is 2.23. The highest BCUT2D eigenvalue weighted by Gasteiger charge is 2.32. The van der Waals surface area contributed by atoms with E-state index in [-0.39, 0.29) is 5.70 Å². The Hall–Kier alpha value is -2.14. The van der Waals surface area contributed by atoms with Gasteiger partial charge in [-0.2, -0.15) is 0 Å². The molecule has 0 aromatic heterocycles. The van der Waals surface area contributed by atoms with Crippen LogP contribution in [0.1, 0.15) is 6.92 Å². The predicted octanol–water partition coefficient (Wildman–Crippen LogP) is 1.23. The number of nitrogens with zero attached hydrogens (tertiary/aromatic N) is 1. The molecule has 0 bridgehead atoms. The largest absolute Gasteiger partial charge is 0.322 e. The standard InChI is InChI=1S/C12H9ClN2O3/c1-7(16)14-10-6-11(17)15(12(10)18)9-4-2-8(13)3-5-9/h2-6H,1H3,(H,14,16). The zero-order valence-corrected chi connectivity index (χ0v) is 10.2. The van der Waals surface area contributed by atoms with Gasteiger partial charge in [-0.15, -0.1) is 0 Å². The van der Waals surface area contributed by atoms with Crippen LogP contribution in [0.15, 0.2) is 36.0 Å². The number of carbonyl (C=O) groups is 3. The van der Waals surface area contributed by atoms with Crippen LogP contribution in [-0.2, 0) is 14.4 Å². The Morgan fingerprint density at radius 2 is 1.83 bits per heavy atom. The first kappa shape index (κ1) is 12.3. The Bertz CT molecular complexity index is 563. The van der Waals surface area contributed by atoms with Crippen LogP contribution in [0.2, 0.25) is 5.02 Å². The number of hydrogen-bond acceptors (Lipinski definition) is 3.